The number of nitrogens with zero attached hydrogens (tertiary/aromatic N) is 1. The molecule has 5 heteroatoms. The van der Waals surface area contributed by atoms with Gasteiger partial charge in [0, 0.05) is 12.1 Å². The quantitative estimate of drug-likeness (QED) is 0.584. The average molecular weight is 197 g/mol. The zero-order valence-corrected chi connectivity index (χ0v) is 7.71. The molecular weight excluding hydrogens is 186 g/mol. The normalized spacial score (nSPS) is 12.1. The molecule has 5 nitrogen and oxygen atoms in total. The zero-order valence-electron chi connectivity index (χ0n) is 7.71. The first-order valence-electron chi connectivity index (χ1n) is 4.15. The fourth-order valence-electron chi connectivity index (χ4n) is 0.916. The Hall–Kier alpha value is -1.62. The second kappa shape index (κ2) is 4.57. The van der Waals surface area contributed by atoms with Gasteiger partial charge in [-0.3, -0.25) is 10.1 Å². The predicted molar refractivity (Wildman–Crippen MR) is 50.3 cm³/mol. The van der Waals surface area contributed by atoms with E-state index in [-0.39, 0.29) is 18.4 Å². The fourth-order valence-corrected chi connectivity index (χ4v) is 0.916. The van der Waals surface area contributed by atoms with Crippen molar-refractivity contribution in [2.75, 3.05) is 6.61 Å². The number of aliphatic hydroxyl groups excluding tert-OH is 1. The van der Waals surface area contributed by atoms with Crippen molar-refractivity contribution < 1.29 is 14.8 Å². The molecule has 14 heavy (non-hydrogen) atoms. The minimum absolute atomic E-state index is 0.0222. The first kappa shape index (κ1) is 10.5. The van der Waals surface area contributed by atoms with Crippen LogP contribution in [0.3, 0.4) is 0 Å². The molecule has 0 aliphatic rings. The maximum absolute atomic E-state index is 10.3. The molecule has 1 atom stereocenters. The highest BCUT2D eigenvalue weighted by molar-refractivity contribution is 5.36. The highest BCUT2D eigenvalue weighted by Gasteiger charge is 2.06. The first-order valence-corrected chi connectivity index (χ1v) is 4.15. The van der Waals surface area contributed by atoms with Gasteiger partial charge in [0.2, 0.25) is 0 Å². The molecule has 0 aliphatic carbocycles. The van der Waals surface area contributed by atoms with Crippen LogP contribution in [0.2, 0.25) is 0 Å². The summed E-state index contributed by atoms with van der Waals surface area (Å²) in [4.78, 5) is 9.84. The lowest BCUT2D eigenvalue weighted by Crippen LogP contribution is -2.15. The van der Waals surface area contributed by atoms with Gasteiger partial charge in [-0.25, -0.2) is 0 Å². The van der Waals surface area contributed by atoms with Gasteiger partial charge in [-0.15, -0.1) is 0 Å². The van der Waals surface area contributed by atoms with E-state index in [1.165, 1.54) is 24.3 Å². The molecule has 1 aromatic carbocycles. The molecule has 1 N–H and O–H groups in total. The topological polar surface area (TPSA) is 72.6 Å². The maximum atomic E-state index is 10.3. The summed E-state index contributed by atoms with van der Waals surface area (Å²) in [5.74, 6) is 0.511. The number of nitro groups is 1. The predicted octanol–water partition coefficient (Wildman–Crippen LogP) is 1.35. The molecular formula is C9H11NO4. The number of rotatable bonds is 4. The van der Waals surface area contributed by atoms with Crippen LogP contribution in [-0.2, 0) is 0 Å². The van der Waals surface area contributed by atoms with E-state index in [1.807, 2.05) is 0 Å². The molecule has 0 saturated carbocycles. The van der Waals surface area contributed by atoms with Crippen LogP contribution in [0.15, 0.2) is 24.3 Å². The standard InChI is InChI=1S/C9H11NO4/c1-7(6-11)14-9-4-2-8(3-5-9)10(12)13/h2-5,7,11H,6H2,1H3. The number of aliphatic hydroxyl groups is 1. The van der Waals surface area contributed by atoms with E-state index in [0.29, 0.717) is 5.75 Å². The summed E-state index contributed by atoms with van der Waals surface area (Å²) in [5, 5.41) is 19.0. The van der Waals surface area contributed by atoms with Crippen LogP contribution in [0.5, 0.6) is 5.75 Å². The number of hydrogen-bond acceptors (Lipinski definition) is 4. The van der Waals surface area contributed by atoms with E-state index in [4.69, 9.17) is 9.84 Å². The SMILES string of the molecule is CC(CO)Oc1ccc([N+](=O)[O-])cc1. The summed E-state index contributed by atoms with van der Waals surface area (Å²) < 4.78 is 5.23. The summed E-state index contributed by atoms with van der Waals surface area (Å²) in [6, 6.07) is 5.73. The molecule has 0 radical (unpaired) electrons. The van der Waals surface area contributed by atoms with Gasteiger partial charge in [-0.1, -0.05) is 0 Å². The number of nitro benzene ring substituents is 1. The van der Waals surface area contributed by atoms with Gasteiger partial charge in [-0.05, 0) is 19.1 Å². The van der Waals surface area contributed by atoms with Crippen molar-refractivity contribution in [2.45, 2.75) is 13.0 Å². The van der Waals surface area contributed by atoms with E-state index in [2.05, 4.69) is 0 Å². The van der Waals surface area contributed by atoms with E-state index in [1.54, 1.807) is 6.92 Å². The van der Waals surface area contributed by atoms with E-state index < -0.39 is 4.92 Å². The molecule has 1 rings (SSSR count). The van der Waals surface area contributed by atoms with Gasteiger partial charge in [0.1, 0.15) is 11.9 Å². The molecule has 0 bridgehead atoms. The van der Waals surface area contributed by atoms with Gasteiger partial charge in [0.25, 0.3) is 5.69 Å². The lowest BCUT2D eigenvalue weighted by molar-refractivity contribution is -0.384. The fraction of sp³-hybridized carbons (Fsp3) is 0.333. The second-order valence-electron chi connectivity index (χ2n) is 2.86. The molecule has 1 aromatic rings. The Kier molecular flexibility index (Phi) is 3.41. The summed E-state index contributed by atoms with van der Waals surface area (Å²) in [6.45, 7) is 1.62. The monoisotopic (exact) mass is 197 g/mol. The van der Waals surface area contributed by atoms with Crippen LogP contribution < -0.4 is 4.74 Å². The van der Waals surface area contributed by atoms with Crippen molar-refractivity contribution in [1.82, 2.24) is 0 Å². The molecule has 0 aromatic heterocycles. The minimum atomic E-state index is -0.473. The Labute approximate surface area is 81.1 Å². The van der Waals surface area contributed by atoms with Crippen molar-refractivity contribution in [3.8, 4) is 5.75 Å². The molecule has 0 aliphatic heterocycles. The smallest absolute Gasteiger partial charge is 0.269 e. The maximum Gasteiger partial charge on any atom is 0.269 e. The first-order chi connectivity index (χ1) is 6.63. The van der Waals surface area contributed by atoms with Crippen LogP contribution in [0.4, 0.5) is 5.69 Å². The van der Waals surface area contributed by atoms with Gasteiger partial charge >= 0.3 is 0 Å². The number of benzene rings is 1. The highest BCUT2D eigenvalue weighted by atomic mass is 16.6. The molecule has 76 valence electrons. The van der Waals surface area contributed by atoms with Crippen LogP contribution >= 0.6 is 0 Å². The number of hydrogen-bond donors (Lipinski definition) is 1. The molecule has 0 fully saturated rings. The molecule has 0 heterocycles. The Morgan fingerprint density at radius 2 is 2.07 bits per heavy atom. The van der Waals surface area contributed by atoms with Crippen molar-refractivity contribution >= 4 is 5.69 Å². The van der Waals surface area contributed by atoms with Crippen LogP contribution in [-0.4, -0.2) is 22.7 Å². The van der Waals surface area contributed by atoms with Gasteiger partial charge < -0.3 is 9.84 Å². The Balaban J connectivity index is 2.68. The lowest BCUT2D eigenvalue weighted by atomic mass is 10.3. The molecule has 1 unspecified atom stereocenters. The molecule has 0 amide bonds. The van der Waals surface area contributed by atoms with Crippen molar-refractivity contribution in [2.24, 2.45) is 0 Å². The number of ether oxygens (including phenoxy) is 1. The number of non-ortho nitro benzene ring substituents is 1. The summed E-state index contributed by atoms with van der Waals surface area (Å²) in [5.41, 5.74) is 0.0222. The summed E-state index contributed by atoms with van der Waals surface area (Å²) in [6.07, 6.45) is -0.309. The average Bonchev–Trinajstić information content (AvgIpc) is 2.18. The molecule has 0 saturated heterocycles. The van der Waals surface area contributed by atoms with Crippen molar-refractivity contribution in [3.05, 3.63) is 34.4 Å². The third-order valence-electron chi connectivity index (χ3n) is 1.64. The van der Waals surface area contributed by atoms with Gasteiger partial charge in [0.15, 0.2) is 0 Å². The Morgan fingerprint density at radius 3 is 2.50 bits per heavy atom. The lowest BCUT2D eigenvalue weighted by Gasteiger charge is -2.10. The summed E-state index contributed by atoms with van der Waals surface area (Å²) in [7, 11) is 0. The van der Waals surface area contributed by atoms with E-state index >= 15 is 0 Å². The van der Waals surface area contributed by atoms with E-state index in [9.17, 15) is 10.1 Å². The van der Waals surface area contributed by atoms with E-state index in [0.717, 1.165) is 0 Å². The third-order valence-corrected chi connectivity index (χ3v) is 1.64. The highest BCUT2D eigenvalue weighted by Crippen LogP contribution is 2.18. The second-order valence-corrected chi connectivity index (χ2v) is 2.86. The van der Waals surface area contributed by atoms with Crippen LogP contribution in [0.25, 0.3) is 0 Å². The Bertz CT molecular complexity index is 309. The largest absolute Gasteiger partial charge is 0.488 e. The van der Waals surface area contributed by atoms with Gasteiger partial charge in [0.05, 0.1) is 11.5 Å². The Morgan fingerprint density at radius 1 is 1.50 bits per heavy atom. The van der Waals surface area contributed by atoms with Crippen molar-refractivity contribution in [1.29, 1.82) is 0 Å². The minimum Gasteiger partial charge on any atom is -0.488 e. The van der Waals surface area contributed by atoms with Crippen molar-refractivity contribution in [3.63, 3.8) is 0 Å². The van der Waals surface area contributed by atoms with Crippen LogP contribution in [0.1, 0.15) is 6.92 Å². The summed E-state index contributed by atoms with van der Waals surface area (Å²) >= 11 is 0. The van der Waals surface area contributed by atoms with Crippen LogP contribution in [0, 0.1) is 10.1 Å². The third kappa shape index (κ3) is 2.70. The van der Waals surface area contributed by atoms with Gasteiger partial charge in [-0.2, -0.15) is 0 Å². The zero-order chi connectivity index (χ0) is 10.6. The molecule has 0 spiro atoms.